The lowest BCUT2D eigenvalue weighted by Gasteiger charge is -2.06. The van der Waals surface area contributed by atoms with E-state index < -0.39 is 0 Å². The first kappa shape index (κ1) is 13.7. The van der Waals surface area contributed by atoms with Gasteiger partial charge in [0.2, 0.25) is 0 Å². The highest BCUT2D eigenvalue weighted by atomic mass is 16.3. The molecule has 0 aromatic carbocycles. The molecule has 0 aliphatic heterocycles. The minimum absolute atomic E-state index is 0.216. The molecule has 2 aromatic rings. The van der Waals surface area contributed by atoms with Crippen molar-refractivity contribution in [3.05, 3.63) is 57.4 Å². The Morgan fingerprint density at radius 2 is 2.29 bits per heavy atom. The number of aromatic amines is 1. The van der Waals surface area contributed by atoms with Crippen LogP contribution in [0.1, 0.15) is 40.2 Å². The Labute approximate surface area is 122 Å². The molecule has 0 bridgehead atoms. The molecule has 5 nitrogen and oxygen atoms in total. The molecular weight excluding hydrogens is 268 g/mol. The van der Waals surface area contributed by atoms with Crippen molar-refractivity contribution in [2.24, 2.45) is 0 Å². The van der Waals surface area contributed by atoms with Crippen LogP contribution >= 0.6 is 0 Å². The van der Waals surface area contributed by atoms with Gasteiger partial charge in [-0.2, -0.15) is 0 Å². The first-order valence-electron chi connectivity index (χ1n) is 7.29. The van der Waals surface area contributed by atoms with E-state index in [-0.39, 0.29) is 17.0 Å². The molecule has 0 saturated carbocycles. The van der Waals surface area contributed by atoms with E-state index in [0.717, 1.165) is 49.1 Å². The summed E-state index contributed by atoms with van der Waals surface area (Å²) in [6.07, 6.45) is 6.06. The number of furan rings is 1. The summed E-state index contributed by atoms with van der Waals surface area (Å²) in [5, 5.41) is 2.79. The van der Waals surface area contributed by atoms with Crippen molar-refractivity contribution in [2.45, 2.75) is 32.1 Å². The fraction of sp³-hybridized carbons (Fsp3) is 0.375. The number of aromatic nitrogens is 1. The number of amides is 1. The highest BCUT2D eigenvalue weighted by molar-refractivity contribution is 5.94. The molecule has 0 spiro atoms. The molecule has 2 N–H and O–H groups in total. The summed E-state index contributed by atoms with van der Waals surface area (Å²) in [6, 6.07) is 5.49. The van der Waals surface area contributed by atoms with Gasteiger partial charge in [-0.05, 0) is 49.4 Å². The molecule has 0 atom stereocenters. The van der Waals surface area contributed by atoms with Crippen molar-refractivity contribution >= 4 is 5.91 Å². The number of fused-ring (bicyclic) bond motifs is 1. The molecule has 0 unspecified atom stereocenters. The third-order valence-electron chi connectivity index (χ3n) is 3.80. The van der Waals surface area contributed by atoms with Gasteiger partial charge < -0.3 is 14.7 Å². The molecule has 3 rings (SSSR count). The van der Waals surface area contributed by atoms with Crippen LogP contribution in [0, 0.1) is 0 Å². The van der Waals surface area contributed by atoms with Gasteiger partial charge in [0.1, 0.15) is 11.3 Å². The van der Waals surface area contributed by atoms with E-state index in [1.54, 1.807) is 12.3 Å². The fourth-order valence-corrected chi connectivity index (χ4v) is 2.70. The van der Waals surface area contributed by atoms with Crippen LogP contribution in [0.4, 0.5) is 0 Å². The molecule has 0 saturated heterocycles. The Morgan fingerprint density at radius 1 is 1.38 bits per heavy atom. The first-order chi connectivity index (χ1) is 10.2. The van der Waals surface area contributed by atoms with Gasteiger partial charge in [0, 0.05) is 18.7 Å². The maximum atomic E-state index is 12.1. The molecule has 0 fully saturated rings. The Hall–Kier alpha value is -2.30. The van der Waals surface area contributed by atoms with Crippen LogP contribution in [0.25, 0.3) is 0 Å². The highest BCUT2D eigenvalue weighted by Gasteiger charge is 2.17. The van der Waals surface area contributed by atoms with E-state index in [1.165, 1.54) is 0 Å². The normalized spacial score (nSPS) is 13.1. The van der Waals surface area contributed by atoms with Gasteiger partial charge in [0.25, 0.3) is 11.5 Å². The van der Waals surface area contributed by atoms with Gasteiger partial charge in [-0.25, -0.2) is 0 Å². The van der Waals surface area contributed by atoms with Crippen molar-refractivity contribution in [2.75, 3.05) is 6.54 Å². The third kappa shape index (κ3) is 3.07. The van der Waals surface area contributed by atoms with Crippen molar-refractivity contribution in [3.8, 4) is 0 Å². The number of aryl methyl sites for hydroxylation is 3. The molecule has 2 aromatic heterocycles. The van der Waals surface area contributed by atoms with Crippen molar-refractivity contribution in [1.82, 2.24) is 10.3 Å². The fourth-order valence-electron chi connectivity index (χ4n) is 2.70. The van der Waals surface area contributed by atoms with Crippen LogP contribution in [-0.2, 0) is 19.3 Å². The second kappa shape index (κ2) is 5.99. The summed E-state index contributed by atoms with van der Waals surface area (Å²) in [5.74, 6) is 0.602. The number of rotatable bonds is 5. The van der Waals surface area contributed by atoms with E-state index in [1.807, 2.05) is 12.1 Å². The molecule has 5 heteroatoms. The van der Waals surface area contributed by atoms with E-state index >= 15 is 0 Å². The lowest BCUT2D eigenvalue weighted by atomic mass is 10.1. The molecule has 1 aliphatic rings. The number of hydrogen-bond acceptors (Lipinski definition) is 3. The molecular formula is C16H18N2O3. The zero-order valence-electron chi connectivity index (χ0n) is 11.8. The van der Waals surface area contributed by atoms with E-state index in [9.17, 15) is 9.59 Å². The summed E-state index contributed by atoms with van der Waals surface area (Å²) >= 11 is 0. The topological polar surface area (TPSA) is 75.1 Å². The van der Waals surface area contributed by atoms with Gasteiger partial charge in [-0.3, -0.25) is 9.59 Å². The average molecular weight is 286 g/mol. The zero-order valence-corrected chi connectivity index (χ0v) is 11.8. The van der Waals surface area contributed by atoms with Gasteiger partial charge in [0.15, 0.2) is 0 Å². The van der Waals surface area contributed by atoms with Gasteiger partial charge in [-0.15, -0.1) is 0 Å². The number of carbonyl (C=O) groups excluding carboxylic acids is 1. The summed E-state index contributed by atoms with van der Waals surface area (Å²) in [7, 11) is 0. The number of hydrogen-bond donors (Lipinski definition) is 2. The number of pyridine rings is 1. The average Bonchev–Trinajstić information content (AvgIpc) is 3.13. The van der Waals surface area contributed by atoms with E-state index in [0.29, 0.717) is 6.54 Å². The number of H-pyrrole nitrogens is 1. The summed E-state index contributed by atoms with van der Waals surface area (Å²) in [4.78, 5) is 26.8. The van der Waals surface area contributed by atoms with E-state index in [2.05, 4.69) is 10.3 Å². The molecule has 0 radical (unpaired) electrons. The zero-order chi connectivity index (χ0) is 14.7. The summed E-state index contributed by atoms with van der Waals surface area (Å²) < 4.78 is 5.23. The Morgan fingerprint density at radius 3 is 3.10 bits per heavy atom. The molecule has 2 heterocycles. The molecule has 110 valence electrons. The van der Waals surface area contributed by atoms with Crippen LogP contribution in [0.5, 0.6) is 0 Å². The lowest BCUT2D eigenvalue weighted by Crippen LogP contribution is -2.31. The number of carbonyl (C=O) groups is 1. The van der Waals surface area contributed by atoms with Crippen LogP contribution in [-0.4, -0.2) is 17.4 Å². The smallest absolute Gasteiger partial charge is 0.261 e. The number of nitrogens with one attached hydrogen (secondary N) is 2. The van der Waals surface area contributed by atoms with Crippen molar-refractivity contribution in [3.63, 3.8) is 0 Å². The Bertz CT molecular complexity index is 686. The van der Waals surface area contributed by atoms with Crippen LogP contribution in [0.15, 0.2) is 33.7 Å². The third-order valence-corrected chi connectivity index (χ3v) is 3.80. The predicted molar refractivity (Wildman–Crippen MR) is 78.4 cm³/mol. The van der Waals surface area contributed by atoms with Gasteiger partial charge in [0.05, 0.1) is 6.26 Å². The van der Waals surface area contributed by atoms with E-state index in [4.69, 9.17) is 4.42 Å². The highest BCUT2D eigenvalue weighted by Crippen LogP contribution is 2.18. The lowest BCUT2D eigenvalue weighted by molar-refractivity contribution is 0.0951. The van der Waals surface area contributed by atoms with Crippen molar-refractivity contribution in [1.29, 1.82) is 0 Å². The molecule has 1 aliphatic carbocycles. The standard InChI is InChI=1S/C16H18N2O3/c19-15(17-8-2-5-12-6-3-9-21-12)13-10-11-4-1-7-14(11)18-16(13)20/h3,6,9-10H,1-2,4-5,7-8H2,(H,17,19)(H,18,20). The van der Waals surface area contributed by atoms with Gasteiger partial charge in [-0.1, -0.05) is 0 Å². The monoisotopic (exact) mass is 286 g/mol. The SMILES string of the molecule is O=C(NCCCc1ccco1)c1cc2c([nH]c1=O)CCC2. The maximum Gasteiger partial charge on any atom is 0.261 e. The quantitative estimate of drug-likeness (QED) is 0.823. The second-order valence-corrected chi connectivity index (χ2v) is 5.31. The Kier molecular flexibility index (Phi) is 3.90. The Balaban J connectivity index is 1.57. The van der Waals surface area contributed by atoms with Gasteiger partial charge >= 0.3 is 0 Å². The first-order valence-corrected chi connectivity index (χ1v) is 7.29. The molecule has 1 amide bonds. The minimum Gasteiger partial charge on any atom is -0.469 e. The molecule has 21 heavy (non-hydrogen) atoms. The minimum atomic E-state index is -0.301. The van der Waals surface area contributed by atoms with Crippen molar-refractivity contribution < 1.29 is 9.21 Å². The summed E-state index contributed by atoms with van der Waals surface area (Å²) in [5.41, 5.74) is 2.00. The second-order valence-electron chi connectivity index (χ2n) is 5.31. The van der Waals surface area contributed by atoms with Crippen LogP contribution < -0.4 is 10.9 Å². The van der Waals surface area contributed by atoms with Crippen LogP contribution in [0.3, 0.4) is 0 Å². The maximum absolute atomic E-state index is 12.1. The predicted octanol–water partition coefficient (Wildman–Crippen LogP) is 1.82. The largest absolute Gasteiger partial charge is 0.469 e. The summed E-state index contributed by atoms with van der Waals surface area (Å²) in [6.45, 7) is 0.524. The van der Waals surface area contributed by atoms with Crippen LogP contribution in [0.2, 0.25) is 0 Å².